The highest BCUT2D eigenvalue weighted by Crippen LogP contribution is 2.36. The molecule has 1 aliphatic carbocycles. The molecule has 1 fully saturated rings. The average molecular weight is 226 g/mol. The van der Waals surface area contributed by atoms with Crippen LogP contribution in [0.4, 0.5) is 0 Å². The van der Waals surface area contributed by atoms with Gasteiger partial charge in [-0.2, -0.15) is 0 Å². The van der Waals surface area contributed by atoms with Gasteiger partial charge in [0.25, 0.3) is 0 Å². The van der Waals surface area contributed by atoms with Gasteiger partial charge in [-0.25, -0.2) is 0 Å². The molecule has 1 aliphatic rings. The topological polar surface area (TPSA) is 26.3 Å². The van der Waals surface area contributed by atoms with Crippen LogP contribution in [-0.2, 0) is 9.53 Å². The fraction of sp³-hybridized carbons (Fsp3) is 0.929. The first-order valence-corrected chi connectivity index (χ1v) is 6.59. The summed E-state index contributed by atoms with van der Waals surface area (Å²) >= 11 is 0. The van der Waals surface area contributed by atoms with Gasteiger partial charge in [0.2, 0.25) is 0 Å². The predicted octanol–water partition coefficient (Wildman–Crippen LogP) is 4.08. The van der Waals surface area contributed by atoms with Gasteiger partial charge in [-0.15, -0.1) is 0 Å². The molecule has 0 aromatic carbocycles. The van der Waals surface area contributed by atoms with Gasteiger partial charge in [-0.3, -0.25) is 4.79 Å². The van der Waals surface area contributed by atoms with Gasteiger partial charge in [-0.05, 0) is 43.9 Å². The smallest absolute Gasteiger partial charge is 0.306 e. The summed E-state index contributed by atoms with van der Waals surface area (Å²) in [5.74, 6) is -0.00123. The molecular weight excluding hydrogens is 200 g/mol. The number of hydrogen-bond donors (Lipinski definition) is 0. The van der Waals surface area contributed by atoms with Crippen molar-refractivity contribution >= 4 is 5.97 Å². The summed E-state index contributed by atoms with van der Waals surface area (Å²) in [5, 5.41) is 0. The highest BCUT2D eigenvalue weighted by molar-refractivity contribution is 5.70. The number of carbonyl (C=O) groups is 1. The molecule has 0 unspecified atom stereocenters. The second-order valence-corrected chi connectivity index (χ2v) is 6.28. The molecule has 0 heterocycles. The van der Waals surface area contributed by atoms with Crippen molar-refractivity contribution in [1.29, 1.82) is 0 Å². The molecule has 16 heavy (non-hydrogen) atoms. The van der Waals surface area contributed by atoms with Crippen molar-refractivity contribution in [3.05, 3.63) is 0 Å². The lowest BCUT2D eigenvalue weighted by molar-refractivity contribution is -0.160. The summed E-state index contributed by atoms with van der Waals surface area (Å²) in [6, 6.07) is 0. The van der Waals surface area contributed by atoms with Gasteiger partial charge in [-0.1, -0.05) is 27.7 Å². The Labute approximate surface area is 99.8 Å². The Balaban J connectivity index is 2.38. The SMILES string of the molecule is CCC1(OC(=O)CCC(C)(C)C)CCCC1. The maximum absolute atomic E-state index is 11.8. The molecule has 0 aromatic rings. The molecule has 0 bridgehead atoms. The second kappa shape index (κ2) is 5.20. The fourth-order valence-corrected chi connectivity index (χ4v) is 2.32. The van der Waals surface area contributed by atoms with Crippen LogP contribution >= 0.6 is 0 Å². The van der Waals surface area contributed by atoms with Crippen molar-refractivity contribution in [2.24, 2.45) is 5.41 Å². The first-order valence-electron chi connectivity index (χ1n) is 6.59. The molecule has 0 amide bonds. The van der Waals surface area contributed by atoms with Crippen LogP contribution in [0.15, 0.2) is 0 Å². The van der Waals surface area contributed by atoms with Crippen LogP contribution in [0.2, 0.25) is 0 Å². The summed E-state index contributed by atoms with van der Waals surface area (Å²) in [6.07, 6.45) is 6.97. The number of rotatable bonds is 4. The second-order valence-electron chi connectivity index (χ2n) is 6.28. The van der Waals surface area contributed by atoms with Crippen LogP contribution in [0.25, 0.3) is 0 Å². The lowest BCUT2D eigenvalue weighted by atomic mass is 9.90. The highest BCUT2D eigenvalue weighted by atomic mass is 16.6. The Hall–Kier alpha value is -0.530. The molecule has 2 nitrogen and oxygen atoms in total. The first-order chi connectivity index (χ1) is 7.37. The van der Waals surface area contributed by atoms with Crippen LogP contribution in [0.1, 0.15) is 72.6 Å². The first kappa shape index (κ1) is 13.5. The number of hydrogen-bond acceptors (Lipinski definition) is 2. The molecule has 0 aromatic heterocycles. The largest absolute Gasteiger partial charge is 0.459 e. The summed E-state index contributed by atoms with van der Waals surface area (Å²) < 4.78 is 5.70. The van der Waals surface area contributed by atoms with E-state index in [0.29, 0.717) is 6.42 Å². The van der Waals surface area contributed by atoms with Crippen LogP contribution in [0.3, 0.4) is 0 Å². The van der Waals surface area contributed by atoms with E-state index in [1.807, 2.05) is 0 Å². The van der Waals surface area contributed by atoms with Crippen LogP contribution in [0, 0.1) is 5.41 Å². The Bertz CT molecular complexity index is 232. The molecule has 0 N–H and O–H groups in total. The minimum Gasteiger partial charge on any atom is -0.459 e. The summed E-state index contributed by atoms with van der Waals surface area (Å²) in [6.45, 7) is 8.60. The minimum absolute atomic E-state index is 0.00123. The van der Waals surface area contributed by atoms with E-state index in [9.17, 15) is 4.79 Å². The van der Waals surface area contributed by atoms with Crippen molar-refractivity contribution in [1.82, 2.24) is 0 Å². The lowest BCUT2D eigenvalue weighted by Crippen LogP contribution is -2.31. The normalized spacial score (nSPS) is 19.8. The van der Waals surface area contributed by atoms with E-state index < -0.39 is 0 Å². The fourth-order valence-electron chi connectivity index (χ4n) is 2.32. The number of esters is 1. The third-order valence-corrected chi connectivity index (χ3v) is 3.57. The van der Waals surface area contributed by atoms with Crippen molar-refractivity contribution in [3.8, 4) is 0 Å². The number of ether oxygens (including phenoxy) is 1. The van der Waals surface area contributed by atoms with Crippen molar-refractivity contribution in [2.75, 3.05) is 0 Å². The van der Waals surface area contributed by atoms with E-state index in [0.717, 1.165) is 25.7 Å². The van der Waals surface area contributed by atoms with E-state index in [1.165, 1.54) is 12.8 Å². The van der Waals surface area contributed by atoms with E-state index in [2.05, 4.69) is 27.7 Å². The molecule has 2 heteroatoms. The van der Waals surface area contributed by atoms with E-state index >= 15 is 0 Å². The average Bonchev–Trinajstić information content (AvgIpc) is 2.63. The molecule has 0 saturated heterocycles. The third-order valence-electron chi connectivity index (χ3n) is 3.57. The molecule has 1 rings (SSSR count). The van der Waals surface area contributed by atoms with E-state index in [-0.39, 0.29) is 17.0 Å². The molecule has 0 radical (unpaired) electrons. The monoisotopic (exact) mass is 226 g/mol. The van der Waals surface area contributed by atoms with Crippen molar-refractivity contribution in [3.63, 3.8) is 0 Å². The van der Waals surface area contributed by atoms with Crippen molar-refractivity contribution < 1.29 is 9.53 Å². The van der Waals surface area contributed by atoms with Gasteiger partial charge in [0.05, 0.1) is 0 Å². The summed E-state index contributed by atoms with van der Waals surface area (Å²) in [4.78, 5) is 11.8. The van der Waals surface area contributed by atoms with Crippen LogP contribution in [-0.4, -0.2) is 11.6 Å². The van der Waals surface area contributed by atoms with Gasteiger partial charge >= 0.3 is 5.97 Å². The van der Waals surface area contributed by atoms with Gasteiger partial charge < -0.3 is 4.74 Å². The molecular formula is C14H26O2. The Morgan fingerprint density at radius 1 is 1.25 bits per heavy atom. The maximum atomic E-state index is 11.8. The Kier molecular flexibility index (Phi) is 4.40. The summed E-state index contributed by atoms with van der Waals surface area (Å²) in [7, 11) is 0. The van der Waals surface area contributed by atoms with Crippen molar-refractivity contribution in [2.45, 2.75) is 78.2 Å². The predicted molar refractivity (Wildman–Crippen MR) is 66.3 cm³/mol. The van der Waals surface area contributed by atoms with Gasteiger partial charge in [0, 0.05) is 6.42 Å². The standard InChI is InChI=1S/C14H26O2/c1-5-14(9-6-7-10-14)16-12(15)8-11-13(2,3)4/h5-11H2,1-4H3. The molecule has 94 valence electrons. The van der Waals surface area contributed by atoms with Gasteiger partial charge in [0.1, 0.15) is 5.60 Å². The molecule has 0 atom stereocenters. The Morgan fingerprint density at radius 3 is 2.25 bits per heavy atom. The minimum atomic E-state index is -0.116. The third kappa shape index (κ3) is 4.15. The van der Waals surface area contributed by atoms with E-state index in [4.69, 9.17) is 4.74 Å². The molecule has 1 saturated carbocycles. The quantitative estimate of drug-likeness (QED) is 0.675. The van der Waals surface area contributed by atoms with Crippen LogP contribution < -0.4 is 0 Å². The zero-order valence-electron chi connectivity index (χ0n) is 11.3. The van der Waals surface area contributed by atoms with Gasteiger partial charge in [0.15, 0.2) is 0 Å². The highest BCUT2D eigenvalue weighted by Gasteiger charge is 2.35. The molecule has 0 spiro atoms. The zero-order valence-corrected chi connectivity index (χ0v) is 11.3. The lowest BCUT2D eigenvalue weighted by Gasteiger charge is -2.28. The van der Waals surface area contributed by atoms with Crippen LogP contribution in [0.5, 0.6) is 0 Å². The zero-order chi connectivity index (χ0) is 12.2. The number of carbonyl (C=O) groups excluding carboxylic acids is 1. The molecule has 0 aliphatic heterocycles. The summed E-state index contributed by atoms with van der Waals surface area (Å²) in [5.41, 5.74) is 0.100. The maximum Gasteiger partial charge on any atom is 0.306 e. The Morgan fingerprint density at radius 2 is 1.81 bits per heavy atom. The van der Waals surface area contributed by atoms with E-state index in [1.54, 1.807) is 0 Å².